The molecule has 1 saturated heterocycles. The van der Waals surface area contributed by atoms with Crippen molar-refractivity contribution in [3.05, 3.63) is 71.8 Å². The molecule has 0 bridgehead atoms. The molecule has 1 fully saturated rings. The molecule has 0 spiro atoms. The van der Waals surface area contributed by atoms with Gasteiger partial charge < -0.3 is 4.90 Å². The Balaban J connectivity index is 1.69. The second-order valence-electron chi connectivity index (χ2n) is 6.90. The highest BCUT2D eigenvalue weighted by molar-refractivity contribution is 5.83. The number of nitrogens with zero attached hydrogens (tertiary/aromatic N) is 2. The number of rotatable bonds is 5. The summed E-state index contributed by atoms with van der Waals surface area (Å²) in [7, 11) is 2.03. The molecule has 1 heterocycles. The van der Waals surface area contributed by atoms with Gasteiger partial charge in [-0.25, -0.2) is 0 Å². The van der Waals surface area contributed by atoms with Crippen LogP contribution in [0.5, 0.6) is 0 Å². The molecule has 3 nitrogen and oxygen atoms in total. The van der Waals surface area contributed by atoms with Crippen LogP contribution in [0.2, 0.25) is 0 Å². The first kappa shape index (κ1) is 17.7. The summed E-state index contributed by atoms with van der Waals surface area (Å²) in [5.74, 6) is 0.811. The lowest BCUT2D eigenvalue weighted by molar-refractivity contribution is -0.137. The molecule has 1 atom stereocenters. The lowest BCUT2D eigenvalue weighted by Crippen LogP contribution is -2.45. The van der Waals surface area contributed by atoms with Gasteiger partial charge in [0.1, 0.15) is 6.04 Å². The Hall–Kier alpha value is -2.13. The number of likely N-dealkylation sites (tertiary alicyclic amines) is 1. The largest absolute Gasteiger partial charge is 0.341 e. The maximum absolute atomic E-state index is 13.2. The van der Waals surface area contributed by atoms with E-state index in [2.05, 4.69) is 59.2 Å². The molecule has 1 unspecified atom stereocenters. The Kier molecular flexibility index (Phi) is 5.87. The molecular formula is C22H28N2O. The van der Waals surface area contributed by atoms with Gasteiger partial charge in [0, 0.05) is 13.1 Å². The van der Waals surface area contributed by atoms with Crippen molar-refractivity contribution in [2.45, 2.75) is 31.7 Å². The summed E-state index contributed by atoms with van der Waals surface area (Å²) in [5.41, 5.74) is 2.49. The van der Waals surface area contributed by atoms with Gasteiger partial charge >= 0.3 is 0 Å². The van der Waals surface area contributed by atoms with Crippen molar-refractivity contribution in [2.24, 2.45) is 0 Å². The maximum Gasteiger partial charge on any atom is 0.244 e. The highest BCUT2D eigenvalue weighted by Crippen LogP contribution is 2.30. The maximum atomic E-state index is 13.2. The van der Waals surface area contributed by atoms with E-state index in [0.29, 0.717) is 5.92 Å². The Morgan fingerprint density at radius 3 is 2.16 bits per heavy atom. The van der Waals surface area contributed by atoms with Gasteiger partial charge in [0.25, 0.3) is 0 Å². The summed E-state index contributed by atoms with van der Waals surface area (Å²) >= 11 is 0. The van der Waals surface area contributed by atoms with E-state index in [-0.39, 0.29) is 11.9 Å². The molecule has 0 aromatic heterocycles. The van der Waals surface area contributed by atoms with Gasteiger partial charge in [-0.2, -0.15) is 0 Å². The minimum atomic E-state index is -0.181. The third-order valence-corrected chi connectivity index (χ3v) is 5.37. The second-order valence-corrected chi connectivity index (χ2v) is 6.90. The molecule has 132 valence electrons. The molecule has 25 heavy (non-hydrogen) atoms. The molecule has 0 aliphatic carbocycles. The zero-order chi connectivity index (χ0) is 17.6. The van der Waals surface area contributed by atoms with E-state index < -0.39 is 0 Å². The molecule has 0 radical (unpaired) electrons. The van der Waals surface area contributed by atoms with Crippen molar-refractivity contribution in [1.82, 2.24) is 9.80 Å². The lowest BCUT2D eigenvalue weighted by atomic mass is 9.89. The Bertz CT molecular complexity index is 663. The fourth-order valence-electron chi connectivity index (χ4n) is 3.73. The van der Waals surface area contributed by atoms with Crippen molar-refractivity contribution in [3.8, 4) is 0 Å². The summed E-state index contributed by atoms with van der Waals surface area (Å²) in [6.45, 7) is 4.65. The fraction of sp³-hybridized carbons (Fsp3) is 0.409. The van der Waals surface area contributed by atoms with Gasteiger partial charge in [-0.05, 0) is 43.5 Å². The molecule has 3 rings (SSSR count). The SMILES string of the molecule is CCN(C)C(C(=O)N1CCC(c2ccccc2)CC1)c1ccccc1. The molecule has 1 amide bonds. The molecule has 0 N–H and O–H groups in total. The smallest absolute Gasteiger partial charge is 0.244 e. The Morgan fingerprint density at radius 1 is 1.04 bits per heavy atom. The average molecular weight is 336 g/mol. The summed E-state index contributed by atoms with van der Waals surface area (Å²) in [6, 6.07) is 20.7. The van der Waals surface area contributed by atoms with E-state index in [9.17, 15) is 4.79 Å². The van der Waals surface area contributed by atoms with Crippen LogP contribution < -0.4 is 0 Å². The van der Waals surface area contributed by atoms with Crippen LogP contribution in [0.3, 0.4) is 0 Å². The molecule has 3 heteroatoms. The first-order valence-electron chi connectivity index (χ1n) is 9.29. The van der Waals surface area contributed by atoms with E-state index in [0.717, 1.165) is 38.0 Å². The molecule has 1 aliphatic heterocycles. The van der Waals surface area contributed by atoms with Crippen molar-refractivity contribution in [2.75, 3.05) is 26.7 Å². The highest BCUT2D eigenvalue weighted by atomic mass is 16.2. The number of piperidine rings is 1. The van der Waals surface area contributed by atoms with Crippen molar-refractivity contribution in [3.63, 3.8) is 0 Å². The highest BCUT2D eigenvalue weighted by Gasteiger charge is 2.31. The van der Waals surface area contributed by atoms with Gasteiger partial charge in [0.05, 0.1) is 0 Å². The van der Waals surface area contributed by atoms with Crippen LogP contribution in [-0.2, 0) is 4.79 Å². The number of hydrogen-bond donors (Lipinski definition) is 0. The Morgan fingerprint density at radius 2 is 1.60 bits per heavy atom. The van der Waals surface area contributed by atoms with E-state index in [1.54, 1.807) is 0 Å². The van der Waals surface area contributed by atoms with Gasteiger partial charge in [0.15, 0.2) is 0 Å². The quantitative estimate of drug-likeness (QED) is 0.821. The molecule has 1 aliphatic rings. The summed E-state index contributed by atoms with van der Waals surface area (Å²) in [4.78, 5) is 17.4. The normalized spacial score (nSPS) is 16.8. The van der Waals surface area contributed by atoms with Crippen LogP contribution in [0.1, 0.15) is 42.9 Å². The van der Waals surface area contributed by atoms with Crippen LogP contribution in [0.25, 0.3) is 0 Å². The van der Waals surface area contributed by atoms with Gasteiger partial charge in [-0.3, -0.25) is 9.69 Å². The monoisotopic (exact) mass is 336 g/mol. The number of benzene rings is 2. The third kappa shape index (κ3) is 4.10. The minimum Gasteiger partial charge on any atom is -0.341 e. The summed E-state index contributed by atoms with van der Waals surface area (Å²) in [6.07, 6.45) is 2.10. The third-order valence-electron chi connectivity index (χ3n) is 5.37. The van der Waals surface area contributed by atoms with Crippen molar-refractivity contribution >= 4 is 5.91 Å². The zero-order valence-corrected chi connectivity index (χ0v) is 15.3. The number of carbonyl (C=O) groups excluding carboxylic acids is 1. The Labute approximate surface area is 151 Å². The van der Waals surface area contributed by atoms with Crippen molar-refractivity contribution in [1.29, 1.82) is 0 Å². The topological polar surface area (TPSA) is 23.6 Å². The van der Waals surface area contributed by atoms with Crippen LogP contribution >= 0.6 is 0 Å². The number of carbonyl (C=O) groups is 1. The fourth-order valence-corrected chi connectivity index (χ4v) is 3.73. The second kappa shape index (κ2) is 8.30. The van der Waals surface area contributed by atoms with Crippen LogP contribution in [0.4, 0.5) is 0 Å². The van der Waals surface area contributed by atoms with Crippen LogP contribution in [0, 0.1) is 0 Å². The van der Waals surface area contributed by atoms with Crippen molar-refractivity contribution < 1.29 is 4.79 Å². The van der Waals surface area contributed by atoms with E-state index in [1.807, 2.05) is 25.2 Å². The van der Waals surface area contributed by atoms with Gasteiger partial charge in [-0.1, -0.05) is 67.6 Å². The molecular weight excluding hydrogens is 308 g/mol. The lowest BCUT2D eigenvalue weighted by Gasteiger charge is -2.37. The standard InChI is InChI=1S/C22H28N2O/c1-3-23(2)21(20-12-8-5-9-13-20)22(25)24-16-14-19(15-17-24)18-10-6-4-7-11-18/h4-13,19,21H,3,14-17H2,1-2H3. The minimum absolute atomic E-state index is 0.181. The van der Waals surface area contributed by atoms with E-state index in [4.69, 9.17) is 0 Å². The van der Waals surface area contributed by atoms with Crippen LogP contribution in [-0.4, -0.2) is 42.4 Å². The van der Waals surface area contributed by atoms with Crippen LogP contribution in [0.15, 0.2) is 60.7 Å². The van der Waals surface area contributed by atoms with Gasteiger partial charge in [0.2, 0.25) is 5.91 Å². The molecule has 2 aromatic carbocycles. The number of hydrogen-bond acceptors (Lipinski definition) is 2. The first-order chi connectivity index (χ1) is 12.2. The first-order valence-corrected chi connectivity index (χ1v) is 9.29. The predicted molar refractivity (Wildman–Crippen MR) is 102 cm³/mol. The predicted octanol–water partition coefficient (Wildman–Crippen LogP) is 4.09. The average Bonchev–Trinajstić information content (AvgIpc) is 2.69. The number of amides is 1. The van der Waals surface area contributed by atoms with Gasteiger partial charge in [-0.15, -0.1) is 0 Å². The summed E-state index contributed by atoms with van der Waals surface area (Å²) in [5, 5.41) is 0. The molecule has 0 saturated carbocycles. The van der Waals surface area contributed by atoms with E-state index in [1.165, 1.54) is 5.56 Å². The molecule has 2 aromatic rings. The van der Waals surface area contributed by atoms with E-state index >= 15 is 0 Å². The summed E-state index contributed by atoms with van der Waals surface area (Å²) < 4.78 is 0. The number of likely N-dealkylation sites (N-methyl/N-ethyl adjacent to an activating group) is 1. The zero-order valence-electron chi connectivity index (χ0n) is 15.3.